The third-order valence-electron chi connectivity index (χ3n) is 11.7. The van der Waals surface area contributed by atoms with Gasteiger partial charge in [0.1, 0.15) is 17.5 Å². The van der Waals surface area contributed by atoms with E-state index in [1.54, 1.807) is 24.3 Å². The summed E-state index contributed by atoms with van der Waals surface area (Å²) in [5, 5.41) is 41.4. The summed E-state index contributed by atoms with van der Waals surface area (Å²) in [4.78, 5) is 68.5. The summed E-state index contributed by atoms with van der Waals surface area (Å²) in [5.41, 5.74) is 4.44. The minimum absolute atomic E-state index is 0.0300. The van der Waals surface area contributed by atoms with Gasteiger partial charge in [-0.15, -0.1) is 0 Å². The highest BCUT2D eigenvalue weighted by atomic mass is 16.4. The highest BCUT2D eigenvalue weighted by molar-refractivity contribution is 6.06. The fourth-order valence-electron chi connectivity index (χ4n) is 8.55. The number of nitrogens with zero attached hydrogens (tertiary/aromatic N) is 6. The van der Waals surface area contributed by atoms with Crippen LogP contribution in [0.1, 0.15) is 72.6 Å². The lowest BCUT2D eigenvalue weighted by Gasteiger charge is -2.34. The van der Waals surface area contributed by atoms with Gasteiger partial charge in [0.25, 0.3) is 5.91 Å². The number of piperidine rings is 2. The molecule has 0 bridgehead atoms. The maximum Gasteiger partial charge on any atom is 0.411 e. The molecule has 0 spiro atoms. The Bertz CT molecular complexity index is 2510. The van der Waals surface area contributed by atoms with Crippen molar-refractivity contribution in [3.63, 3.8) is 0 Å². The zero-order valence-corrected chi connectivity index (χ0v) is 31.9. The van der Waals surface area contributed by atoms with Crippen LogP contribution in [0.15, 0.2) is 59.4 Å². The number of phenols is 2. The molecule has 296 valence electrons. The molecule has 16 heteroatoms. The Morgan fingerprint density at radius 3 is 2.46 bits per heavy atom. The average Bonchev–Trinajstić information content (AvgIpc) is 3.82. The molecule has 57 heavy (non-hydrogen) atoms. The van der Waals surface area contributed by atoms with E-state index < -0.39 is 23.7 Å². The SMILES string of the molecule is CC(C)c1cc(-c2n[nH]c(=O)n2-c2ccc3c(c2)cc(CN2CCC(CN(C(=O)O)c4cccc5c4CN(C4CCC(=O)NC4=O)C5=O)CC2)n3C)c(O)cc1O. The number of H-pyrrole nitrogens is 1. The quantitative estimate of drug-likeness (QED) is 0.133. The Morgan fingerprint density at radius 1 is 0.965 bits per heavy atom. The zero-order valence-electron chi connectivity index (χ0n) is 31.9. The van der Waals surface area contributed by atoms with Crippen LogP contribution in [0.2, 0.25) is 0 Å². The number of likely N-dealkylation sites (tertiary alicyclic amines) is 1. The summed E-state index contributed by atoms with van der Waals surface area (Å²) < 4.78 is 3.52. The molecule has 5 aromatic rings. The van der Waals surface area contributed by atoms with Gasteiger partial charge in [-0.1, -0.05) is 19.9 Å². The number of amides is 4. The van der Waals surface area contributed by atoms with Crippen LogP contribution in [0, 0.1) is 5.92 Å². The minimum Gasteiger partial charge on any atom is -0.508 e. The number of aromatic nitrogens is 4. The van der Waals surface area contributed by atoms with Gasteiger partial charge in [0.15, 0.2) is 5.82 Å². The van der Waals surface area contributed by atoms with Crippen LogP contribution in [0.5, 0.6) is 11.5 Å². The number of carboxylic acid groups (broad SMARTS) is 1. The molecule has 2 aromatic heterocycles. The van der Waals surface area contributed by atoms with E-state index in [9.17, 15) is 39.3 Å². The second-order valence-electron chi connectivity index (χ2n) is 15.5. The molecule has 4 amide bonds. The minimum atomic E-state index is -1.11. The lowest BCUT2D eigenvalue weighted by molar-refractivity contribution is -0.136. The van der Waals surface area contributed by atoms with E-state index in [4.69, 9.17) is 0 Å². The molecule has 1 unspecified atom stereocenters. The molecular weight excluding hydrogens is 732 g/mol. The molecular formula is C41H44N8O8. The number of benzene rings is 3. The van der Waals surface area contributed by atoms with Crippen molar-refractivity contribution >= 4 is 40.4 Å². The lowest BCUT2D eigenvalue weighted by atomic mass is 9.95. The third kappa shape index (κ3) is 6.79. The predicted octanol–water partition coefficient (Wildman–Crippen LogP) is 4.41. The van der Waals surface area contributed by atoms with Gasteiger partial charge in [0.2, 0.25) is 11.8 Å². The third-order valence-corrected chi connectivity index (χ3v) is 11.7. The topological polar surface area (TPSA) is 206 Å². The second-order valence-corrected chi connectivity index (χ2v) is 15.5. The van der Waals surface area contributed by atoms with E-state index >= 15 is 0 Å². The highest BCUT2D eigenvalue weighted by Crippen LogP contribution is 2.38. The summed E-state index contributed by atoms with van der Waals surface area (Å²) in [6.45, 7) is 6.37. The van der Waals surface area contributed by atoms with Crippen LogP contribution >= 0.6 is 0 Å². The second kappa shape index (κ2) is 14.6. The van der Waals surface area contributed by atoms with E-state index in [2.05, 4.69) is 31.0 Å². The number of aromatic hydroxyl groups is 2. The van der Waals surface area contributed by atoms with Gasteiger partial charge in [-0.3, -0.25) is 29.5 Å². The maximum atomic E-state index is 13.4. The highest BCUT2D eigenvalue weighted by Gasteiger charge is 2.41. The fraction of sp³-hybridized carbons (Fsp3) is 0.366. The van der Waals surface area contributed by atoms with Gasteiger partial charge in [0, 0.05) is 66.9 Å². The fourth-order valence-corrected chi connectivity index (χ4v) is 8.55. The van der Waals surface area contributed by atoms with Crippen LogP contribution in [-0.4, -0.2) is 93.9 Å². The number of aryl methyl sites for hydroxylation is 1. The van der Waals surface area contributed by atoms with Crippen LogP contribution < -0.4 is 15.9 Å². The van der Waals surface area contributed by atoms with Crippen molar-refractivity contribution < 1.29 is 34.5 Å². The number of hydrogen-bond donors (Lipinski definition) is 5. The number of rotatable bonds is 9. The number of hydrogen-bond acceptors (Lipinski definition) is 9. The van der Waals surface area contributed by atoms with Gasteiger partial charge < -0.3 is 24.8 Å². The van der Waals surface area contributed by atoms with E-state index in [0.717, 1.165) is 42.5 Å². The molecule has 2 fully saturated rings. The molecule has 1 atom stereocenters. The predicted molar refractivity (Wildman–Crippen MR) is 209 cm³/mol. The van der Waals surface area contributed by atoms with Crippen molar-refractivity contribution in [2.75, 3.05) is 24.5 Å². The van der Waals surface area contributed by atoms with Crippen LogP contribution in [-0.2, 0) is 29.7 Å². The molecule has 16 nitrogen and oxygen atoms in total. The average molecular weight is 777 g/mol. The van der Waals surface area contributed by atoms with Crippen LogP contribution in [0.25, 0.3) is 28.0 Å². The monoisotopic (exact) mass is 776 g/mol. The van der Waals surface area contributed by atoms with Crippen molar-refractivity contribution in [1.29, 1.82) is 0 Å². The first kappa shape index (κ1) is 37.5. The number of carbonyl (C=O) groups is 4. The normalized spacial score (nSPS) is 17.8. The molecule has 3 aliphatic heterocycles. The summed E-state index contributed by atoms with van der Waals surface area (Å²) in [5.74, 6) is -1.19. The van der Waals surface area contributed by atoms with Crippen LogP contribution in [0.4, 0.5) is 10.5 Å². The van der Waals surface area contributed by atoms with Gasteiger partial charge in [-0.05, 0) is 92.2 Å². The molecule has 2 saturated heterocycles. The first-order valence-electron chi connectivity index (χ1n) is 19.1. The molecule has 5 heterocycles. The number of carbonyl (C=O) groups excluding carboxylic acids is 3. The number of aromatic amines is 1. The number of nitrogens with one attached hydrogen (secondary N) is 2. The zero-order chi connectivity index (χ0) is 40.3. The van der Waals surface area contributed by atoms with Crippen LogP contribution in [0.3, 0.4) is 0 Å². The number of imide groups is 1. The lowest BCUT2D eigenvalue weighted by Crippen LogP contribution is -2.52. The summed E-state index contributed by atoms with van der Waals surface area (Å²) in [6.07, 6.45) is 0.779. The summed E-state index contributed by atoms with van der Waals surface area (Å²) >= 11 is 0. The van der Waals surface area contributed by atoms with Crippen molar-refractivity contribution in [2.24, 2.45) is 13.0 Å². The molecule has 3 aliphatic rings. The Morgan fingerprint density at radius 2 is 1.74 bits per heavy atom. The Hall–Kier alpha value is -6.42. The largest absolute Gasteiger partial charge is 0.508 e. The van der Waals surface area contributed by atoms with E-state index in [1.165, 1.54) is 20.4 Å². The first-order chi connectivity index (χ1) is 27.3. The van der Waals surface area contributed by atoms with Crippen molar-refractivity contribution in [3.05, 3.63) is 87.5 Å². The number of phenolic OH excluding ortho intramolecular Hbond substituents is 2. The smallest absolute Gasteiger partial charge is 0.411 e. The van der Waals surface area contributed by atoms with Gasteiger partial charge in [-0.2, -0.15) is 5.10 Å². The van der Waals surface area contributed by atoms with E-state index in [1.807, 2.05) is 39.1 Å². The maximum absolute atomic E-state index is 13.4. The van der Waals surface area contributed by atoms with Crippen molar-refractivity contribution in [2.45, 2.75) is 64.6 Å². The molecule has 3 aromatic carbocycles. The molecule has 8 rings (SSSR count). The van der Waals surface area contributed by atoms with Gasteiger partial charge in [0.05, 0.1) is 16.9 Å². The Kier molecular flexibility index (Phi) is 9.59. The molecule has 0 radical (unpaired) electrons. The summed E-state index contributed by atoms with van der Waals surface area (Å²) in [7, 11) is 2.00. The first-order valence-corrected chi connectivity index (χ1v) is 19.1. The van der Waals surface area contributed by atoms with Gasteiger partial charge >= 0.3 is 11.8 Å². The van der Waals surface area contributed by atoms with Gasteiger partial charge in [-0.25, -0.2) is 19.3 Å². The Labute approximate surface area is 326 Å². The molecule has 0 saturated carbocycles. The van der Waals surface area contributed by atoms with E-state index in [0.29, 0.717) is 40.2 Å². The molecule has 0 aliphatic carbocycles. The number of fused-ring (bicyclic) bond motifs is 2. The standard InChI is InChI=1S/C41H44N8O8/c1-22(2)28-17-29(35(51)18-34(28)50)37-43-44-40(55)49(37)25-7-8-31-24(15-25)16-26(45(31)3)20-46-13-11-23(12-14-46)19-48(41(56)57)32-6-4-5-27-30(32)21-47(39(27)54)33-9-10-36(52)42-38(33)53/h4-8,15-18,22-23,33,50-51H,9-14,19-21H2,1-3H3,(H,44,55)(H,56,57)(H,42,52,53). The Balaban J connectivity index is 0.955. The van der Waals surface area contributed by atoms with Crippen molar-refractivity contribution in [1.82, 2.24) is 34.4 Å². The summed E-state index contributed by atoms with van der Waals surface area (Å²) in [6, 6.07) is 14.9. The van der Waals surface area contributed by atoms with E-state index in [-0.39, 0.29) is 66.9 Å². The number of anilines is 1. The molecule has 5 N–H and O–H groups in total. The van der Waals surface area contributed by atoms with Crippen molar-refractivity contribution in [3.8, 4) is 28.6 Å².